The highest BCUT2D eigenvalue weighted by Gasteiger charge is 2.25. The van der Waals surface area contributed by atoms with E-state index in [1.165, 1.54) is 24.4 Å². The molecule has 1 heterocycles. The Bertz CT molecular complexity index is 1460. The van der Waals surface area contributed by atoms with Crippen LogP contribution in [0.15, 0.2) is 71.8 Å². The van der Waals surface area contributed by atoms with Crippen LogP contribution in [0.4, 0.5) is 10.1 Å². The average molecular weight is 505 g/mol. The third-order valence-electron chi connectivity index (χ3n) is 5.20. The van der Waals surface area contributed by atoms with Crippen molar-refractivity contribution in [2.24, 2.45) is 0 Å². The molecule has 4 aromatic rings. The molecule has 0 atom stereocenters. The summed E-state index contributed by atoms with van der Waals surface area (Å²) in [6, 6.07) is 16.1. The lowest BCUT2D eigenvalue weighted by Crippen LogP contribution is -2.18. The molecule has 33 heavy (non-hydrogen) atoms. The molecule has 4 rings (SSSR count). The fourth-order valence-electron chi connectivity index (χ4n) is 3.60. The molecular formula is C24H19Cl2FN2O3S. The van der Waals surface area contributed by atoms with Crippen molar-refractivity contribution in [3.05, 3.63) is 93.8 Å². The highest BCUT2D eigenvalue weighted by atomic mass is 35.5. The predicted octanol–water partition coefficient (Wildman–Crippen LogP) is 6.01. The normalized spacial score (nSPS) is 11.6. The maximum Gasteiger partial charge on any atom is 0.244 e. The minimum Gasteiger partial charge on any atom is -0.337 e. The molecule has 0 aliphatic carbocycles. The highest BCUT2D eigenvalue weighted by Crippen LogP contribution is 2.31. The summed E-state index contributed by atoms with van der Waals surface area (Å²) in [5.41, 5.74) is 1.88. The molecule has 0 saturated carbocycles. The van der Waals surface area contributed by atoms with Crippen LogP contribution in [0.3, 0.4) is 0 Å². The molecule has 170 valence electrons. The second-order valence-electron chi connectivity index (χ2n) is 7.63. The molecule has 0 fully saturated rings. The van der Waals surface area contributed by atoms with Crippen LogP contribution in [0.1, 0.15) is 11.1 Å². The van der Waals surface area contributed by atoms with E-state index in [1.54, 1.807) is 41.0 Å². The maximum atomic E-state index is 14.2. The SMILES string of the molecule is Cc1ccc(NC(=O)Cn2cc(S(=O)(=O)Cc3c(F)cccc3Cl)c3ccccc32)c(Cl)c1. The van der Waals surface area contributed by atoms with E-state index < -0.39 is 21.4 Å². The Morgan fingerprint density at radius 2 is 1.79 bits per heavy atom. The Morgan fingerprint density at radius 3 is 2.52 bits per heavy atom. The van der Waals surface area contributed by atoms with Crippen LogP contribution in [-0.4, -0.2) is 18.9 Å². The quantitative estimate of drug-likeness (QED) is 0.349. The van der Waals surface area contributed by atoms with Crippen molar-refractivity contribution < 1.29 is 17.6 Å². The van der Waals surface area contributed by atoms with E-state index in [4.69, 9.17) is 23.2 Å². The molecule has 1 aromatic heterocycles. The zero-order valence-electron chi connectivity index (χ0n) is 17.5. The van der Waals surface area contributed by atoms with Gasteiger partial charge in [-0.2, -0.15) is 0 Å². The van der Waals surface area contributed by atoms with Crippen molar-refractivity contribution in [1.82, 2.24) is 4.57 Å². The van der Waals surface area contributed by atoms with Crippen LogP contribution in [0.5, 0.6) is 0 Å². The van der Waals surface area contributed by atoms with Gasteiger partial charge < -0.3 is 9.88 Å². The van der Waals surface area contributed by atoms with Crippen molar-refractivity contribution in [2.45, 2.75) is 24.1 Å². The van der Waals surface area contributed by atoms with Gasteiger partial charge in [-0.15, -0.1) is 0 Å². The zero-order valence-corrected chi connectivity index (χ0v) is 19.8. The first-order valence-corrected chi connectivity index (χ1v) is 12.4. The van der Waals surface area contributed by atoms with Gasteiger partial charge in [0.05, 0.1) is 21.4 Å². The fraction of sp³-hybridized carbons (Fsp3) is 0.125. The standard InChI is InChI=1S/C24H19Cl2FN2O3S/c1-15-9-10-21(19(26)11-15)28-24(30)13-29-12-23(16-5-2-3-8-22(16)29)33(31,32)14-17-18(25)6-4-7-20(17)27/h2-12H,13-14H2,1H3,(H,28,30). The lowest BCUT2D eigenvalue weighted by Gasteiger charge is -2.09. The van der Waals surface area contributed by atoms with Crippen molar-refractivity contribution in [1.29, 1.82) is 0 Å². The third-order valence-corrected chi connectivity index (χ3v) is 7.53. The molecule has 0 radical (unpaired) electrons. The average Bonchev–Trinajstić information content (AvgIpc) is 3.12. The number of nitrogens with zero attached hydrogens (tertiary/aromatic N) is 1. The number of hydrogen-bond donors (Lipinski definition) is 1. The van der Waals surface area contributed by atoms with Gasteiger partial charge in [0.1, 0.15) is 12.4 Å². The molecule has 0 unspecified atom stereocenters. The number of anilines is 1. The van der Waals surface area contributed by atoms with Crippen molar-refractivity contribution in [2.75, 3.05) is 5.32 Å². The van der Waals surface area contributed by atoms with Gasteiger partial charge in [-0.05, 0) is 42.8 Å². The number of amides is 1. The van der Waals surface area contributed by atoms with Gasteiger partial charge in [-0.1, -0.05) is 53.5 Å². The molecular weight excluding hydrogens is 486 g/mol. The van der Waals surface area contributed by atoms with Gasteiger partial charge in [-0.3, -0.25) is 4.79 Å². The van der Waals surface area contributed by atoms with Crippen molar-refractivity contribution >= 4 is 55.5 Å². The first kappa shape index (κ1) is 23.3. The summed E-state index contributed by atoms with van der Waals surface area (Å²) < 4.78 is 42.2. The van der Waals surface area contributed by atoms with Gasteiger partial charge in [-0.25, -0.2) is 12.8 Å². The molecule has 5 nitrogen and oxygen atoms in total. The number of aryl methyl sites for hydroxylation is 1. The van der Waals surface area contributed by atoms with Crippen LogP contribution in [0.2, 0.25) is 10.0 Å². The first-order chi connectivity index (χ1) is 15.7. The number of fused-ring (bicyclic) bond motifs is 1. The smallest absolute Gasteiger partial charge is 0.244 e. The molecule has 1 amide bonds. The molecule has 0 aliphatic rings. The largest absolute Gasteiger partial charge is 0.337 e. The van der Waals surface area contributed by atoms with E-state index >= 15 is 0 Å². The number of rotatable bonds is 6. The topological polar surface area (TPSA) is 68.2 Å². The number of nitrogens with one attached hydrogen (secondary N) is 1. The highest BCUT2D eigenvalue weighted by molar-refractivity contribution is 7.90. The molecule has 0 aliphatic heterocycles. The Kier molecular flexibility index (Phi) is 6.47. The number of carbonyl (C=O) groups excluding carboxylic acids is 1. The summed E-state index contributed by atoms with van der Waals surface area (Å²) in [6.45, 7) is 1.75. The van der Waals surface area contributed by atoms with E-state index in [1.807, 2.05) is 13.0 Å². The molecule has 0 bridgehead atoms. The number of halogens is 3. The number of sulfone groups is 1. The third kappa shape index (κ3) is 4.90. The molecule has 0 spiro atoms. The summed E-state index contributed by atoms with van der Waals surface area (Å²) in [7, 11) is -3.97. The Labute approximate surface area is 200 Å². The van der Waals surface area contributed by atoms with Gasteiger partial charge >= 0.3 is 0 Å². The van der Waals surface area contributed by atoms with Crippen molar-refractivity contribution in [3.63, 3.8) is 0 Å². The fourth-order valence-corrected chi connectivity index (χ4v) is 5.81. The number of aromatic nitrogens is 1. The Balaban J connectivity index is 1.67. The number of para-hydroxylation sites is 1. The lowest BCUT2D eigenvalue weighted by atomic mass is 10.2. The second-order valence-corrected chi connectivity index (χ2v) is 10.4. The summed E-state index contributed by atoms with van der Waals surface area (Å²) in [4.78, 5) is 12.7. The predicted molar refractivity (Wildman–Crippen MR) is 129 cm³/mol. The van der Waals surface area contributed by atoms with Gasteiger partial charge in [0, 0.05) is 27.7 Å². The van der Waals surface area contributed by atoms with E-state index in [9.17, 15) is 17.6 Å². The van der Waals surface area contributed by atoms with E-state index in [2.05, 4.69) is 5.32 Å². The minimum atomic E-state index is -3.97. The number of hydrogen-bond acceptors (Lipinski definition) is 3. The van der Waals surface area contributed by atoms with Crippen molar-refractivity contribution in [3.8, 4) is 0 Å². The Morgan fingerprint density at radius 1 is 1.03 bits per heavy atom. The molecule has 9 heteroatoms. The molecule has 1 N–H and O–H groups in total. The first-order valence-electron chi connectivity index (χ1n) is 9.95. The molecule has 3 aromatic carbocycles. The minimum absolute atomic E-state index is 0.00131. The summed E-state index contributed by atoms with van der Waals surface area (Å²) in [5.74, 6) is -1.66. The van der Waals surface area contributed by atoms with Gasteiger partial charge in [0.25, 0.3) is 0 Å². The summed E-state index contributed by atoms with van der Waals surface area (Å²) in [5, 5.41) is 3.63. The summed E-state index contributed by atoms with van der Waals surface area (Å²) >= 11 is 12.2. The number of carbonyl (C=O) groups is 1. The van der Waals surface area contributed by atoms with Crippen LogP contribution in [0, 0.1) is 12.7 Å². The van der Waals surface area contributed by atoms with Crippen LogP contribution >= 0.6 is 23.2 Å². The van der Waals surface area contributed by atoms with Crippen LogP contribution in [-0.2, 0) is 26.9 Å². The maximum absolute atomic E-state index is 14.2. The van der Waals surface area contributed by atoms with E-state index in [0.717, 1.165) is 5.56 Å². The summed E-state index contributed by atoms with van der Waals surface area (Å²) in [6.07, 6.45) is 1.39. The van der Waals surface area contributed by atoms with Crippen LogP contribution in [0.25, 0.3) is 10.9 Å². The monoisotopic (exact) mass is 504 g/mol. The van der Waals surface area contributed by atoms with Gasteiger partial charge in [0.15, 0.2) is 9.84 Å². The van der Waals surface area contributed by atoms with E-state index in [0.29, 0.717) is 21.6 Å². The van der Waals surface area contributed by atoms with Crippen LogP contribution < -0.4 is 5.32 Å². The van der Waals surface area contributed by atoms with E-state index in [-0.39, 0.29) is 27.9 Å². The Hall–Kier alpha value is -2.87. The number of benzene rings is 3. The zero-order chi connectivity index (χ0) is 23.8. The molecule has 0 saturated heterocycles. The second kappa shape index (κ2) is 9.17. The van der Waals surface area contributed by atoms with Gasteiger partial charge in [0.2, 0.25) is 5.91 Å². The lowest BCUT2D eigenvalue weighted by molar-refractivity contribution is -0.116.